The number of hydrogen-bond acceptors (Lipinski definition) is 5. The molecule has 0 bridgehead atoms. The van der Waals surface area contributed by atoms with Crippen molar-refractivity contribution in [2.75, 3.05) is 13.7 Å². The molecule has 1 amide bonds. The maximum absolute atomic E-state index is 11.9. The molecule has 3 aromatic rings. The van der Waals surface area contributed by atoms with Gasteiger partial charge in [0.1, 0.15) is 12.4 Å². The lowest BCUT2D eigenvalue weighted by molar-refractivity contribution is -0.123. The fourth-order valence-corrected chi connectivity index (χ4v) is 3.65. The van der Waals surface area contributed by atoms with Gasteiger partial charge in [0.2, 0.25) is 0 Å². The molecule has 0 aliphatic carbocycles. The van der Waals surface area contributed by atoms with Crippen LogP contribution in [0.3, 0.4) is 0 Å². The molecule has 0 atom stereocenters. The summed E-state index contributed by atoms with van der Waals surface area (Å²) in [4.78, 5) is 11.9. The van der Waals surface area contributed by atoms with E-state index >= 15 is 0 Å². The number of ether oxygens (including phenoxy) is 3. The highest BCUT2D eigenvalue weighted by Gasteiger charge is 2.12. The van der Waals surface area contributed by atoms with Gasteiger partial charge in [-0.3, -0.25) is 4.79 Å². The standard InChI is InChI=1S/C23H18BrCl3N2O4/c1-31-21-10-15(11-28-29-22(30)13-32-17-5-3-16(25)4-6-17)8-18(24)23(21)33-12-14-2-7-19(26)20(27)9-14/h2-11H,12-13H2,1H3,(H,29,30)/b28-11-. The van der Waals surface area contributed by atoms with E-state index in [4.69, 9.17) is 49.0 Å². The lowest BCUT2D eigenvalue weighted by atomic mass is 10.2. The Labute approximate surface area is 214 Å². The third kappa shape index (κ3) is 7.54. The highest BCUT2D eigenvalue weighted by Crippen LogP contribution is 2.37. The summed E-state index contributed by atoms with van der Waals surface area (Å²) in [6, 6.07) is 15.5. The number of hydrazone groups is 1. The molecule has 0 saturated carbocycles. The Morgan fingerprint density at radius 2 is 1.79 bits per heavy atom. The lowest BCUT2D eigenvalue weighted by Gasteiger charge is -2.14. The second-order valence-electron chi connectivity index (χ2n) is 6.61. The average Bonchev–Trinajstić information content (AvgIpc) is 2.80. The summed E-state index contributed by atoms with van der Waals surface area (Å²) in [5.74, 6) is 1.13. The van der Waals surface area contributed by atoms with Crippen molar-refractivity contribution in [3.63, 3.8) is 0 Å². The molecule has 0 fully saturated rings. The predicted molar refractivity (Wildman–Crippen MR) is 134 cm³/mol. The van der Waals surface area contributed by atoms with Gasteiger partial charge in [0.25, 0.3) is 5.91 Å². The molecule has 33 heavy (non-hydrogen) atoms. The molecular weight excluding hydrogens is 555 g/mol. The van der Waals surface area contributed by atoms with Crippen LogP contribution in [0.15, 0.2) is 64.2 Å². The number of carbonyl (C=O) groups is 1. The fraction of sp³-hybridized carbons (Fsp3) is 0.130. The zero-order valence-electron chi connectivity index (χ0n) is 17.3. The van der Waals surface area contributed by atoms with E-state index in [0.29, 0.717) is 42.4 Å². The van der Waals surface area contributed by atoms with E-state index in [-0.39, 0.29) is 13.2 Å². The number of carbonyl (C=O) groups excluding carboxylic acids is 1. The molecule has 1 N–H and O–H groups in total. The number of methoxy groups -OCH3 is 1. The molecule has 172 valence electrons. The molecule has 10 heteroatoms. The summed E-state index contributed by atoms with van der Waals surface area (Å²) < 4.78 is 17.4. The zero-order chi connectivity index (χ0) is 23.8. The van der Waals surface area contributed by atoms with Crippen LogP contribution < -0.4 is 19.6 Å². The Bertz CT molecular complexity index is 1160. The van der Waals surface area contributed by atoms with E-state index in [1.165, 1.54) is 13.3 Å². The van der Waals surface area contributed by atoms with Gasteiger partial charge in [-0.15, -0.1) is 0 Å². The SMILES string of the molecule is COc1cc(/C=N\NC(=O)COc2ccc(Cl)cc2)cc(Br)c1OCc1ccc(Cl)c(Cl)c1. The van der Waals surface area contributed by atoms with Crippen LogP contribution in [0.25, 0.3) is 0 Å². The number of rotatable bonds is 9. The maximum atomic E-state index is 11.9. The summed E-state index contributed by atoms with van der Waals surface area (Å²) >= 11 is 21.3. The third-order valence-electron chi connectivity index (χ3n) is 4.21. The molecule has 3 rings (SSSR count). The molecule has 3 aromatic carbocycles. The maximum Gasteiger partial charge on any atom is 0.277 e. The highest BCUT2D eigenvalue weighted by atomic mass is 79.9. The highest BCUT2D eigenvalue weighted by molar-refractivity contribution is 9.10. The molecule has 0 spiro atoms. The molecule has 0 aliphatic rings. The Kier molecular flexibility index (Phi) is 9.26. The van der Waals surface area contributed by atoms with Crippen molar-refractivity contribution in [1.82, 2.24) is 5.43 Å². The van der Waals surface area contributed by atoms with Crippen molar-refractivity contribution in [1.29, 1.82) is 0 Å². The van der Waals surface area contributed by atoms with Crippen LogP contribution in [-0.4, -0.2) is 25.8 Å². The van der Waals surface area contributed by atoms with E-state index in [2.05, 4.69) is 26.5 Å². The topological polar surface area (TPSA) is 69.2 Å². The second-order valence-corrected chi connectivity index (χ2v) is 8.71. The Hall–Kier alpha value is -2.45. The Balaban J connectivity index is 1.58. The van der Waals surface area contributed by atoms with Crippen molar-refractivity contribution in [3.05, 3.63) is 85.3 Å². The second kappa shape index (κ2) is 12.1. The fourth-order valence-electron chi connectivity index (χ4n) is 2.63. The first-order valence-electron chi connectivity index (χ1n) is 9.50. The number of benzene rings is 3. The summed E-state index contributed by atoms with van der Waals surface area (Å²) in [5.41, 5.74) is 3.94. The van der Waals surface area contributed by atoms with Gasteiger partial charge < -0.3 is 14.2 Å². The van der Waals surface area contributed by atoms with Crippen LogP contribution >= 0.6 is 50.7 Å². The molecule has 0 saturated heterocycles. The van der Waals surface area contributed by atoms with Gasteiger partial charge >= 0.3 is 0 Å². The van der Waals surface area contributed by atoms with E-state index in [1.807, 2.05) is 6.07 Å². The molecule has 0 heterocycles. The first-order valence-corrected chi connectivity index (χ1v) is 11.4. The number of halogens is 4. The van der Waals surface area contributed by atoms with Gasteiger partial charge in [-0.2, -0.15) is 5.10 Å². The minimum absolute atomic E-state index is 0.187. The number of amides is 1. The van der Waals surface area contributed by atoms with Crippen LogP contribution in [0.2, 0.25) is 15.1 Å². The minimum Gasteiger partial charge on any atom is -0.493 e. The van der Waals surface area contributed by atoms with Crippen LogP contribution in [-0.2, 0) is 11.4 Å². The van der Waals surface area contributed by atoms with Gasteiger partial charge in [0.05, 0.1) is 27.8 Å². The van der Waals surface area contributed by atoms with Crippen LogP contribution in [0.5, 0.6) is 17.2 Å². The van der Waals surface area contributed by atoms with E-state index in [9.17, 15) is 4.79 Å². The summed E-state index contributed by atoms with van der Waals surface area (Å²) in [6.07, 6.45) is 1.48. The largest absolute Gasteiger partial charge is 0.493 e. The number of nitrogens with zero attached hydrogens (tertiary/aromatic N) is 1. The Morgan fingerprint density at radius 3 is 2.48 bits per heavy atom. The first kappa shape index (κ1) is 25.2. The first-order chi connectivity index (χ1) is 15.9. The summed E-state index contributed by atoms with van der Waals surface area (Å²) in [5, 5.41) is 5.48. The van der Waals surface area contributed by atoms with Crippen molar-refractivity contribution in [2.24, 2.45) is 5.10 Å². The van der Waals surface area contributed by atoms with Crippen molar-refractivity contribution >= 4 is 62.9 Å². The van der Waals surface area contributed by atoms with Gasteiger partial charge in [0, 0.05) is 5.02 Å². The van der Waals surface area contributed by atoms with Gasteiger partial charge in [0.15, 0.2) is 18.1 Å². The smallest absolute Gasteiger partial charge is 0.277 e. The predicted octanol–water partition coefficient (Wildman–Crippen LogP) is 6.53. The van der Waals surface area contributed by atoms with Gasteiger partial charge in [-0.25, -0.2) is 5.43 Å². The van der Waals surface area contributed by atoms with E-state index < -0.39 is 5.91 Å². The molecule has 0 aliphatic heterocycles. The van der Waals surface area contributed by atoms with E-state index in [0.717, 1.165) is 5.56 Å². The molecule has 0 unspecified atom stereocenters. The number of hydrogen-bond donors (Lipinski definition) is 1. The minimum atomic E-state index is -0.409. The van der Waals surface area contributed by atoms with Gasteiger partial charge in [-0.05, 0) is 75.6 Å². The number of nitrogens with one attached hydrogen (secondary N) is 1. The van der Waals surface area contributed by atoms with Crippen LogP contribution in [0.4, 0.5) is 0 Å². The third-order valence-corrected chi connectivity index (χ3v) is 5.79. The summed E-state index contributed by atoms with van der Waals surface area (Å²) in [6.45, 7) is 0.0798. The van der Waals surface area contributed by atoms with E-state index in [1.54, 1.807) is 48.5 Å². The summed E-state index contributed by atoms with van der Waals surface area (Å²) in [7, 11) is 1.53. The lowest BCUT2D eigenvalue weighted by Crippen LogP contribution is -2.24. The van der Waals surface area contributed by atoms with Crippen LogP contribution in [0.1, 0.15) is 11.1 Å². The van der Waals surface area contributed by atoms with Crippen molar-refractivity contribution in [2.45, 2.75) is 6.61 Å². The molecular formula is C23H18BrCl3N2O4. The zero-order valence-corrected chi connectivity index (χ0v) is 21.1. The molecule has 6 nitrogen and oxygen atoms in total. The average molecular weight is 573 g/mol. The van der Waals surface area contributed by atoms with Crippen LogP contribution in [0, 0.1) is 0 Å². The van der Waals surface area contributed by atoms with Crippen molar-refractivity contribution < 1.29 is 19.0 Å². The van der Waals surface area contributed by atoms with Crippen molar-refractivity contribution in [3.8, 4) is 17.2 Å². The van der Waals surface area contributed by atoms with Gasteiger partial charge in [-0.1, -0.05) is 40.9 Å². The quantitative estimate of drug-likeness (QED) is 0.234. The monoisotopic (exact) mass is 570 g/mol. The molecule has 0 aromatic heterocycles. The Morgan fingerprint density at radius 1 is 1.03 bits per heavy atom. The normalized spacial score (nSPS) is 10.8. The molecule has 0 radical (unpaired) electrons.